The van der Waals surface area contributed by atoms with Gasteiger partial charge in [-0.05, 0) is 20.3 Å². The summed E-state index contributed by atoms with van der Waals surface area (Å²) in [5.41, 5.74) is 0. The zero-order valence-electron chi connectivity index (χ0n) is 10.1. The van der Waals surface area contributed by atoms with Crippen LogP contribution in [0.15, 0.2) is 12.3 Å². The van der Waals surface area contributed by atoms with Crippen LogP contribution in [0.5, 0.6) is 5.88 Å². The molecule has 1 rings (SSSR count). The molecule has 0 unspecified atom stereocenters. The zero-order valence-corrected chi connectivity index (χ0v) is 10.1. The second kappa shape index (κ2) is 7.00. The molecule has 0 saturated carbocycles. The molecule has 16 heavy (non-hydrogen) atoms. The highest BCUT2D eigenvalue weighted by Gasteiger charge is 2.01. The van der Waals surface area contributed by atoms with Crippen molar-refractivity contribution < 1.29 is 9.47 Å². The first-order chi connectivity index (χ1) is 7.72. The minimum absolute atomic E-state index is 0.122. The monoisotopic (exact) mass is 225 g/mol. The fourth-order valence-electron chi connectivity index (χ4n) is 1.15. The molecule has 0 saturated heterocycles. The normalized spacial score (nSPS) is 10.5. The van der Waals surface area contributed by atoms with Gasteiger partial charge in [0, 0.05) is 32.5 Å². The SMILES string of the molecule is COCCCNc1nccc(OC(C)C)n1. The third-order valence-electron chi connectivity index (χ3n) is 1.79. The van der Waals surface area contributed by atoms with E-state index in [9.17, 15) is 0 Å². The van der Waals surface area contributed by atoms with Crippen molar-refractivity contribution >= 4 is 5.95 Å². The Balaban J connectivity index is 2.41. The van der Waals surface area contributed by atoms with Gasteiger partial charge in [0.2, 0.25) is 11.8 Å². The topological polar surface area (TPSA) is 56.3 Å². The summed E-state index contributed by atoms with van der Waals surface area (Å²) >= 11 is 0. The minimum Gasteiger partial charge on any atom is -0.475 e. The van der Waals surface area contributed by atoms with Crippen LogP contribution < -0.4 is 10.1 Å². The fraction of sp³-hybridized carbons (Fsp3) is 0.636. The highest BCUT2D eigenvalue weighted by molar-refractivity contribution is 5.27. The molecule has 1 aromatic heterocycles. The van der Waals surface area contributed by atoms with Gasteiger partial charge in [-0.2, -0.15) is 4.98 Å². The molecule has 1 N–H and O–H groups in total. The van der Waals surface area contributed by atoms with E-state index in [0.717, 1.165) is 19.6 Å². The summed E-state index contributed by atoms with van der Waals surface area (Å²) in [5, 5.41) is 3.11. The second-order valence-electron chi connectivity index (χ2n) is 3.66. The number of hydrogen-bond acceptors (Lipinski definition) is 5. The van der Waals surface area contributed by atoms with Crippen molar-refractivity contribution in [1.29, 1.82) is 0 Å². The zero-order chi connectivity index (χ0) is 11.8. The van der Waals surface area contributed by atoms with Gasteiger partial charge < -0.3 is 14.8 Å². The summed E-state index contributed by atoms with van der Waals surface area (Å²) in [6.45, 7) is 5.45. The number of aromatic nitrogens is 2. The van der Waals surface area contributed by atoms with E-state index >= 15 is 0 Å². The van der Waals surface area contributed by atoms with Crippen molar-refractivity contribution in [2.24, 2.45) is 0 Å². The number of nitrogens with one attached hydrogen (secondary N) is 1. The summed E-state index contributed by atoms with van der Waals surface area (Å²) in [5.74, 6) is 1.19. The molecule has 1 aromatic rings. The first kappa shape index (κ1) is 12.7. The van der Waals surface area contributed by atoms with Gasteiger partial charge in [0.25, 0.3) is 0 Å². The maximum atomic E-state index is 5.47. The number of rotatable bonds is 7. The van der Waals surface area contributed by atoms with E-state index in [1.54, 1.807) is 19.4 Å². The molecule has 0 amide bonds. The third-order valence-corrected chi connectivity index (χ3v) is 1.79. The lowest BCUT2D eigenvalue weighted by atomic mass is 10.4. The van der Waals surface area contributed by atoms with Crippen molar-refractivity contribution in [1.82, 2.24) is 9.97 Å². The molecular formula is C11H19N3O2. The summed E-state index contributed by atoms with van der Waals surface area (Å²) in [4.78, 5) is 8.33. The fourth-order valence-corrected chi connectivity index (χ4v) is 1.15. The van der Waals surface area contributed by atoms with E-state index in [1.807, 2.05) is 13.8 Å². The van der Waals surface area contributed by atoms with Crippen LogP contribution in [0.4, 0.5) is 5.95 Å². The van der Waals surface area contributed by atoms with Gasteiger partial charge in [-0.25, -0.2) is 4.98 Å². The predicted octanol–water partition coefficient (Wildman–Crippen LogP) is 1.71. The summed E-state index contributed by atoms with van der Waals surface area (Å²) in [6.07, 6.45) is 2.73. The molecule has 1 heterocycles. The second-order valence-corrected chi connectivity index (χ2v) is 3.66. The van der Waals surface area contributed by atoms with Crippen LogP contribution in [-0.2, 0) is 4.74 Å². The molecule has 0 aromatic carbocycles. The number of hydrogen-bond donors (Lipinski definition) is 1. The predicted molar refractivity (Wildman–Crippen MR) is 62.8 cm³/mol. The molecule has 5 nitrogen and oxygen atoms in total. The van der Waals surface area contributed by atoms with E-state index in [4.69, 9.17) is 9.47 Å². The lowest BCUT2D eigenvalue weighted by Crippen LogP contribution is -2.10. The summed E-state index contributed by atoms with van der Waals surface area (Å²) in [6, 6.07) is 1.75. The molecule has 0 aliphatic rings. The van der Waals surface area contributed by atoms with Crippen LogP contribution in [-0.4, -0.2) is 36.3 Å². The van der Waals surface area contributed by atoms with Crippen molar-refractivity contribution in [3.63, 3.8) is 0 Å². The Kier molecular flexibility index (Phi) is 5.56. The van der Waals surface area contributed by atoms with Gasteiger partial charge in [-0.1, -0.05) is 0 Å². The molecule has 0 aliphatic carbocycles. The van der Waals surface area contributed by atoms with Crippen LogP contribution >= 0.6 is 0 Å². The standard InChI is InChI=1S/C11H19N3O2/c1-9(2)16-10-5-7-13-11(14-10)12-6-4-8-15-3/h5,7,9H,4,6,8H2,1-3H3,(H,12,13,14). The molecule has 0 bridgehead atoms. The van der Waals surface area contributed by atoms with Gasteiger partial charge in [0.1, 0.15) is 0 Å². The quantitative estimate of drug-likeness (QED) is 0.716. The van der Waals surface area contributed by atoms with Crippen molar-refractivity contribution in [2.45, 2.75) is 26.4 Å². The Hall–Kier alpha value is -1.36. The van der Waals surface area contributed by atoms with Crippen LogP contribution in [0.3, 0.4) is 0 Å². The van der Waals surface area contributed by atoms with Gasteiger partial charge in [-0.15, -0.1) is 0 Å². The average molecular weight is 225 g/mol. The maximum Gasteiger partial charge on any atom is 0.225 e. The van der Waals surface area contributed by atoms with Crippen LogP contribution in [0, 0.1) is 0 Å². The third kappa shape index (κ3) is 4.93. The summed E-state index contributed by atoms with van der Waals surface area (Å²) in [7, 11) is 1.69. The molecule has 90 valence electrons. The molecule has 0 spiro atoms. The maximum absolute atomic E-state index is 5.47. The Labute approximate surface area is 96.2 Å². The molecule has 0 radical (unpaired) electrons. The summed E-state index contributed by atoms with van der Waals surface area (Å²) < 4.78 is 10.4. The molecule has 5 heteroatoms. The van der Waals surface area contributed by atoms with Crippen LogP contribution in [0.2, 0.25) is 0 Å². The Morgan fingerprint density at radius 2 is 2.25 bits per heavy atom. The van der Waals surface area contributed by atoms with Crippen molar-refractivity contribution in [3.05, 3.63) is 12.3 Å². The van der Waals surface area contributed by atoms with Crippen molar-refractivity contribution in [2.75, 3.05) is 25.6 Å². The van der Waals surface area contributed by atoms with E-state index in [2.05, 4.69) is 15.3 Å². The van der Waals surface area contributed by atoms with E-state index in [-0.39, 0.29) is 6.10 Å². The van der Waals surface area contributed by atoms with Gasteiger partial charge in [0.05, 0.1) is 6.10 Å². The van der Waals surface area contributed by atoms with E-state index < -0.39 is 0 Å². The van der Waals surface area contributed by atoms with Crippen LogP contribution in [0.1, 0.15) is 20.3 Å². The largest absolute Gasteiger partial charge is 0.475 e. The highest BCUT2D eigenvalue weighted by Crippen LogP contribution is 2.09. The number of ether oxygens (including phenoxy) is 2. The molecular weight excluding hydrogens is 206 g/mol. The lowest BCUT2D eigenvalue weighted by Gasteiger charge is -2.09. The van der Waals surface area contributed by atoms with E-state index in [0.29, 0.717) is 11.8 Å². The van der Waals surface area contributed by atoms with Gasteiger partial charge >= 0.3 is 0 Å². The van der Waals surface area contributed by atoms with E-state index in [1.165, 1.54) is 0 Å². The Morgan fingerprint density at radius 3 is 2.94 bits per heavy atom. The Bertz CT molecular complexity index is 305. The average Bonchev–Trinajstić information content (AvgIpc) is 2.24. The minimum atomic E-state index is 0.122. The molecule has 0 fully saturated rings. The van der Waals surface area contributed by atoms with Gasteiger partial charge in [-0.3, -0.25) is 0 Å². The van der Waals surface area contributed by atoms with Gasteiger partial charge in [0.15, 0.2) is 0 Å². The Morgan fingerprint density at radius 1 is 1.44 bits per heavy atom. The molecule has 0 atom stereocenters. The number of nitrogens with zero attached hydrogens (tertiary/aromatic N) is 2. The number of anilines is 1. The lowest BCUT2D eigenvalue weighted by molar-refractivity contribution is 0.197. The highest BCUT2D eigenvalue weighted by atomic mass is 16.5. The van der Waals surface area contributed by atoms with Crippen LogP contribution in [0.25, 0.3) is 0 Å². The smallest absolute Gasteiger partial charge is 0.225 e. The first-order valence-corrected chi connectivity index (χ1v) is 5.45. The first-order valence-electron chi connectivity index (χ1n) is 5.45. The number of methoxy groups -OCH3 is 1. The molecule has 0 aliphatic heterocycles. The van der Waals surface area contributed by atoms with Crippen molar-refractivity contribution in [3.8, 4) is 5.88 Å².